The minimum Gasteiger partial charge on any atom is -0.355 e. The normalized spacial score (nSPS) is 21.8. The van der Waals surface area contributed by atoms with Crippen molar-refractivity contribution in [3.05, 3.63) is 0 Å². The number of amides is 2. The summed E-state index contributed by atoms with van der Waals surface area (Å²) in [5.41, 5.74) is 0. The van der Waals surface area contributed by atoms with Crippen molar-refractivity contribution in [1.82, 2.24) is 15.5 Å². The molecule has 0 spiro atoms. The van der Waals surface area contributed by atoms with Gasteiger partial charge in [0.1, 0.15) is 0 Å². The first-order chi connectivity index (χ1) is 8.08. The van der Waals surface area contributed by atoms with Crippen LogP contribution in [0.5, 0.6) is 0 Å². The quantitative estimate of drug-likeness (QED) is 0.718. The van der Waals surface area contributed by atoms with Crippen molar-refractivity contribution in [3.8, 4) is 0 Å². The van der Waals surface area contributed by atoms with Crippen molar-refractivity contribution in [2.24, 2.45) is 0 Å². The molecule has 2 unspecified atom stereocenters. The minimum atomic E-state index is -0.185. The summed E-state index contributed by atoms with van der Waals surface area (Å²) in [5.74, 6) is 0.234. The Balaban J connectivity index is 2.40. The third kappa shape index (κ3) is 4.00. The zero-order valence-electron chi connectivity index (χ0n) is 11.0. The molecule has 1 fully saturated rings. The fourth-order valence-electron chi connectivity index (χ4n) is 2.11. The molecule has 2 atom stereocenters. The second-order valence-corrected chi connectivity index (χ2v) is 4.44. The van der Waals surface area contributed by atoms with E-state index in [4.69, 9.17) is 0 Å². The third-order valence-corrected chi connectivity index (χ3v) is 3.20. The molecule has 2 amide bonds. The van der Waals surface area contributed by atoms with Crippen LogP contribution in [0.1, 0.15) is 33.6 Å². The number of hydrogen-bond acceptors (Lipinski definition) is 3. The number of likely N-dealkylation sites (N-methyl/N-ethyl adjacent to an activating group) is 1. The summed E-state index contributed by atoms with van der Waals surface area (Å²) in [4.78, 5) is 24.9. The molecular formula is C12H23N3O2. The Morgan fingerprint density at radius 3 is 2.65 bits per heavy atom. The van der Waals surface area contributed by atoms with Gasteiger partial charge in [0.15, 0.2) is 0 Å². The van der Waals surface area contributed by atoms with Crippen molar-refractivity contribution >= 4 is 11.8 Å². The lowest BCUT2D eigenvalue weighted by Crippen LogP contribution is -2.53. The van der Waals surface area contributed by atoms with Gasteiger partial charge in [0.2, 0.25) is 11.8 Å². The van der Waals surface area contributed by atoms with Gasteiger partial charge in [-0.1, -0.05) is 0 Å². The predicted molar refractivity (Wildman–Crippen MR) is 66.6 cm³/mol. The Hall–Kier alpha value is -1.10. The molecule has 1 heterocycles. The lowest BCUT2D eigenvalue weighted by Gasteiger charge is -2.29. The summed E-state index contributed by atoms with van der Waals surface area (Å²) in [6, 6.07) is 0.0251. The van der Waals surface area contributed by atoms with Crippen LogP contribution in [0, 0.1) is 0 Å². The van der Waals surface area contributed by atoms with Gasteiger partial charge in [0.05, 0.1) is 6.04 Å². The summed E-state index contributed by atoms with van der Waals surface area (Å²) in [7, 11) is 0. The molecule has 0 bridgehead atoms. The standard InChI is InChI=1S/C12H23N3O2/c1-4-15(5-2)12(17)9(3)14-10-6-7-11(16)13-8-10/h9-10,14H,4-8H2,1-3H3,(H,13,16). The molecule has 17 heavy (non-hydrogen) atoms. The highest BCUT2D eigenvalue weighted by molar-refractivity contribution is 5.81. The van der Waals surface area contributed by atoms with Crippen LogP contribution in [0.15, 0.2) is 0 Å². The Labute approximate surface area is 103 Å². The first kappa shape index (κ1) is 14.0. The molecule has 1 saturated heterocycles. The summed E-state index contributed by atoms with van der Waals surface area (Å²) in [6.07, 6.45) is 1.35. The molecular weight excluding hydrogens is 218 g/mol. The van der Waals surface area contributed by atoms with Crippen LogP contribution in [0.25, 0.3) is 0 Å². The van der Waals surface area contributed by atoms with Gasteiger partial charge in [-0.3, -0.25) is 9.59 Å². The van der Waals surface area contributed by atoms with Crippen molar-refractivity contribution in [2.75, 3.05) is 19.6 Å². The van der Waals surface area contributed by atoms with Crippen molar-refractivity contribution in [2.45, 2.75) is 45.7 Å². The van der Waals surface area contributed by atoms with Crippen molar-refractivity contribution < 1.29 is 9.59 Å². The minimum absolute atomic E-state index is 0.103. The maximum Gasteiger partial charge on any atom is 0.239 e. The number of carbonyl (C=O) groups is 2. The van der Waals surface area contributed by atoms with E-state index in [2.05, 4.69) is 10.6 Å². The van der Waals surface area contributed by atoms with Gasteiger partial charge in [0, 0.05) is 32.1 Å². The van der Waals surface area contributed by atoms with Crippen LogP contribution < -0.4 is 10.6 Å². The van der Waals surface area contributed by atoms with Gasteiger partial charge in [-0.25, -0.2) is 0 Å². The van der Waals surface area contributed by atoms with E-state index in [9.17, 15) is 9.59 Å². The molecule has 0 aromatic heterocycles. The molecule has 1 aliphatic heterocycles. The van der Waals surface area contributed by atoms with E-state index in [0.29, 0.717) is 13.0 Å². The summed E-state index contributed by atoms with van der Waals surface area (Å²) < 4.78 is 0. The van der Waals surface area contributed by atoms with Gasteiger partial charge in [-0.05, 0) is 27.2 Å². The molecule has 0 aliphatic carbocycles. The van der Waals surface area contributed by atoms with Crippen LogP contribution >= 0.6 is 0 Å². The number of nitrogens with zero attached hydrogens (tertiary/aromatic N) is 1. The fourth-order valence-corrected chi connectivity index (χ4v) is 2.11. The Bertz CT molecular complexity index is 267. The first-order valence-corrected chi connectivity index (χ1v) is 6.40. The third-order valence-electron chi connectivity index (χ3n) is 3.20. The zero-order chi connectivity index (χ0) is 12.8. The lowest BCUT2D eigenvalue weighted by atomic mass is 10.1. The Morgan fingerprint density at radius 1 is 1.53 bits per heavy atom. The topological polar surface area (TPSA) is 61.4 Å². The van der Waals surface area contributed by atoms with Gasteiger partial charge < -0.3 is 15.5 Å². The second-order valence-electron chi connectivity index (χ2n) is 4.44. The van der Waals surface area contributed by atoms with E-state index in [1.165, 1.54) is 0 Å². The van der Waals surface area contributed by atoms with Crippen LogP contribution in [0.4, 0.5) is 0 Å². The second kappa shape index (κ2) is 6.59. The van der Waals surface area contributed by atoms with E-state index < -0.39 is 0 Å². The molecule has 98 valence electrons. The van der Waals surface area contributed by atoms with Crippen LogP contribution in [-0.2, 0) is 9.59 Å². The highest BCUT2D eigenvalue weighted by Crippen LogP contribution is 2.05. The smallest absolute Gasteiger partial charge is 0.239 e. The molecule has 1 aliphatic rings. The Morgan fingerprint density at radius 2 is 2.18 bits per heavy atom. The molecule has 0 aromatic rings. The van der Waals surface area contributed by atoms with E-state index >= 15 is 0 Å². The molecule has 5 nitrogen and oxygen atoms in total. The van der Waals surface area contributed by atoms with Gasteiger partial charge in [-0.2, -0.15) is 0 Å². The fraction of sp³-hybridized carbons (Fsp3) is 0.833. The largest absolute Gasteiger partial charge is 0.355 e. The molecule has 0 saturated carbocycles. The summed E-state index contributed by atoms with van der Waals surface area (Å²) in [6.45, 7) is 7.95. The predicted octanol–water partition coefficient (Wildman–Crippen LogP) is 0.112. The van der Waals surface area contributed by atoms with Gasteiger partial charge in [-0.15, -0.1) is 0 Å². The number of nitrogens with one attached hydrogen (secondary N) is 2. The maximum absolute atomic E-state index is 12.0. The summed E-state index contributed by atoms with van der Waals surface area (Å²) >= 11 is 0. The van der Waals surface area contributed by atoms with Crippen molar-refractivity contribution in [3.63, 3.8) is 0 Å². The molecule has 1 rings (SSSR count). The Kier molecular flexibility index (Phi) is 5.41. The van der Waals surface area contributed by atoms with Crippen LogP contribution in [-0.4, -0.2) is 48.4 Å². The van der Waals surface area contributed by atoms with Gasteiger partial charge in [0.25, 0.3) is 0 Å². The monoisotopic (exact) mass is 241 g/mol. The number of carbonyl (C=O) groups excluding carboxylic acids is 2. The average molecular weight is 241 g/mol. The number of hydrogen-bond donors (Lipinski definition) is 2. The zero-order valence-corrected chi connectivity index (χ0v) is 11.0. The average Bonchev–Trinajstić information content (AvgIpc) is 2.33. The maximum atomic E-state index is 12.0. The summed E-state index contributed by atoms with van der Waals surface area (Å²) in [5, 5.41) is 6.09. The lowest BCUT2D eigenvalue weighted by molar-refractivity contribution is -0.132. The van der Waals surface area contributed by atoms with E-state index in [-0.39, 0.29) is 23.9 Å². The van der Waals surface area contributed by atoms with E-state index in [1.54, 1.807) is 0 Å². The van der Waals surface area contributed by atoms with E-state index in [0.717, 1.165) is 19.5 Å². The van der Waals surface area contributed by atoms with Gasteiger partial charge >= 0.3 is 0 Å². The van der Waals surface area contributed by atoms with Crippen LogP contribution in [0.3, 0.4) is 0 Å². The molecule has 2 N–H and O–H groups in total. The molecule has 0 aromatic carbocycles. The van der Waals surface area contributed by atoms with Crippen LogP contribution in [0.2, 0.25) is 0 Å². The first-order valence-electron chi connectivity index (χ1n) is 6.40. The highest BCUT2D eigenvalue weighted by atomic mass is 16.2. The SMILES string of the molecule is CCN(CC)C(=O)C(C)NC1CCC(=O)NC1. The number of piperidine rings is 1. The van der Waals surface area contributed by atoms with Crippen molar-refractivity contribution in [1.29, 1.82) is 0 Å². The van der Waals surface area contributed by atoms with E-state index in [1.807, 2.05) is 25.7 Å². The number of rotatable bonds is 5. The molecule has 5 heteroatoms. The molecule has 0 radical (unpaired) electrons. The highest BCUT2D eigenvalue weighted by Gasteiger charge is 2.24.